The molecule has 12 atom stereocenters. The molecule has 428 valence electrons. The number of unbranched alkanes of at least 4 members (excludes halogenated alkanes) is 22. The lowest BCUT2D eigenvalue weighted by Crippen LogP contribution is -2.65. The zero-order valence-corrected chi connectivity index (χ0v) is 45.8. The number of ether oxygens (including phenoxy) is 4. The molecule has 0 radical (unpaired) electrons. The van der Waals surface area contributed by atoms with Crippen LogP contribution in [0.25, 0.3) is 0 Å². The van der Waals surface area contributed by atoms with Gasteiger partial charge in [0.05, 0.1) is 32.0 Å². The quantitative estimate of drug-likeness (QED) is 0.0205. The molecule has 12 unspecified atom stereocenters. The number of carbonyl (C=O) groups is 1. The predicted octanol–water partition coefficient (Wildman–Crippen LogP) is 9.55. The van der Waals surface area contributed by atoms with Crippen molar-refractivity contribution in [2.24, 2.45) is 0 Å². The minimum atomic E-state index is -1.79. The van der Waals surface area contributed by atoms with Crippen molar-refractivity contribution in [2.75, 3.05) is 19.8 Å². The lowest BCUT2D eigenvalue weighted by Gasteiger charge is -2.46. The van der Waals surface area contributed by atoms with Gasteiger partial charge in [-0.05, 0) is 64.2 Å². The van der Waals surface area contributed by atoms with E-state index < -0.39 is 86.8 Å². The Hall–Kier alpha value is -2.57. The van der Waals surface area contributed by atoms with Gasteiger partial charge in [0.2, 0.25) is 5.91 Å². The number of carbonyl (C=O) groups excluding carboxylic acids is 1. The van der Waals surface area contributed by atoms with Crippen LogP contribution in [0.3, 0.4) is 0 Å². The first-order valence-corrected chi connectivity index (χ1v) is 29.2. The van der Waals surface area contributed by atoms with E-state index in [1.54, 1.807) is 6.08 Å². The lowest BCUT2D eigenvalue weighted by molar-refractivity contribution is -0.359. The molecule has 74 heavy (non-hydrogen) atoms. The fourth-order valence-corrected chi connectivity index (χ4v) is 9.20. The van der Waals surface area contributed by atoms with Crippen LogP contribution in [0.1, 0.15) is 206 Å². The minimum Gasteiger partial charge on any atom is -0.394 e. The van der Waals surface area contributed by atoms with Crippen molar-refractivity contribution in [3.63, 3.8) is 0 Å². The van der Waals surface area contributed by atoms with Crippen molar-refractivity contribution in [2.45, 2.75) is 280 Å². The van der Waals surface area contributed by atoms with Crippen molar-refractivity contribution in [3.05, 3.63) is 72.9 Å². The highest BCUT2D eigenvalue weighted by Gasteiger charge is 2.51. The number of hydrogen-bond acceptors (Lipinski definition) is 13. The molecule has 2 rings (SSSR count). The summed E-state index contributed by atoms with van der Waals surface area (Å²) >= 11 is 0. The third-order valence-corrected chi connectivity index (χ3v) is 13.9. The Morgan fingerprint density at radius 2 is 0.932 bits per heavy atom. The molecule has 0 spiro atoms. The Balaban J connectivity index is 1.52. The number of hydrogen-bond donors (Lipinski definition) is 9. The van der Waals surface area contributed by atoms with Gasteiger partial charge < -0.3 is 65.1 Å². The zero-order valence-electron chi connectivity index (χ0n) is 45.8. The van der Waals surface area contributed by atoms with Gasteiger partial charge in [-0.1, -0.05) is 209 Å². The second-order valence-corrected chi connectivity index (χ2v) is 20.4. The summed E-state index contributed by atoms with van der Waals surface area (Å²) in [6.45, 7) is 2.55. The fourth-order valence-electron chi connectivity index (χ4n) is 9.20. The van der Waals surface area contributed by atoms with Crippen LogP contribution in [0.4, 0.5) is 0 Å². The van der Waals surface area contributed by atoms with Gasteiger partial charge in [0.15, 0.2) is 12.6 Å². The number of aliphatic hydroxyl groups excluding tert-OH is 8. The highest BCUT2D eigenvalue weighted by molar-refractivity contribution is 5.76. The molecular weight excluding hydrogens is 943 g/mol. The summed E-state index contributed by atoms with van der Waals surface area (Å²) in [6, 6.07) is -0.911. The van der Waals surface area contributed by atoms with Crippen LogP contribution in [0.5, 0.6) is 0 Å². The molecule has 0 aromatic carbocycles. The van der Waals surface area contributed by atoms with Gasteiger partial charge >= 0.3 is 0 Å². The monoisotopic (exact) mass is 1050 g/mol. The predicted molar refractivity (Wildman–Crippen MR) is 295 cm³/mol. The number of aliphatic hydroxyl groups is 8. The number of nitrogens with one attached hydrogen (secondary N) is 1. The summed E-state index contributed by atoms with van der Waals surface area (Å²) in [5, 5.41) is 86.3. The summed E-state index contributed by atoms with van der Waals surface area (Å²) in [6.07, 6.45) is 43.3. The van der Waals surface area contributed by atoms with Gasteiger partial charge in [-0.2, -0.15) is 0 Å². The van der Waals surface area contributed by atoms with E-state index in [-0.39, 0.29) is 18.9 Å². The van der Waals surface area contributed by atoms with E-state index in [2.05, 4.69) is 79.9 Å². The number of rotatable bonds is 45. The van der Waals surface area contributed by atoms with Crippen LogP contribution >= 0.6 is 0 Å². The van der Waals surface area contributed by atoms with Gasteiger partial charge in [0.25, 0.3) is 0 Å². The third-order valence-electron chi connectivity index (χ3n) is 13.9. The fraction of sp³-hybridized carbons (Fsp3) is 0.783. The van der Waals surface area contributed by atoms with Crippen LogP contribution in [-0.4, -0.2) is 140 Å². The van der Waals surface area contributed by atoms with E-state index >= 15 is 0 Å². The van der Waals surface area contributed by atoms with Crippen LogP contribution in [-0.2, 0) is 23.7 Å². The average Bonchev–Trinajstić information content (AvgIpc) is 3.40. The molecule has 1 amide bonds. The molecule has 2 aliphatic rings. The summed E-state index contributed by atoms with van der Waals surface area (Å²) in [7, 11) is 0. The number of amides is 1. The van der Waals surface area contributed by atoms with E-state index in [9.17, 15) is 45.6 Å². The number of allylic oxidation sites excluding steroid dienone is 11. The SMILES string of the molecule is CC/C=C\C/C=C\C/C=C\C/C=C\C/C=C\CCCCCCCCCCCCCCCCCCCCCC(=O)NC(COC1OC(CO)C(OC2OC(CO)C(O)C(O)C2O)C(O)C1O)C(O)/C=C/CCCCC. The molecule has 0 aromatic rings. The summed E-state index contributed by atoms with van der Waals surface area (Å²) in [4.78, 5) is 13.1. The molecule has 2 saturated heterocycles. The van der Waals surface area contributed by atoms with Crippen LogP contribution in [0.2, 0.25) is 0 Å². The Labute approximate surface area is 447 Å². The topological polar surface area (TPSA) is 228 Å². The molecule has 9 N–H and O–H groups in total. The normalized spacial score (nSPS) is 25.8. The maximum Gasteiger partial charge on any atom is 0.220 e. The molecule has 0 saturated carbocycles. The highest BCUT2D eigenvalue weighted by Crippen LogP contribution is 2.30. The van der Waals surface area contributed by atoms with Gasteiger partial charge in [-0.25, -0.2) is 0 Å². The van der Waals surface area contributed by atoms with Crippen molar-refractivity contribution < 1.29 is 64.6 Å². The lowest BCUT2D eigenvalue weighted by atomic mass is 9.97. The standard InChI is InChI=1S/C60H105NO13/c1-3-5-7-9-10-11-12-13-14-15-16-17-18-19-20-21-22-23-24-25-26-27-28-29-30-31-32-33-34-35-36-37-38-40-42-44-52(65)61-48(49(64)43-41-39-8-6-4-2)47-71-59-57(70)55(68)58(51(46-63)73-59)74-60-56(69)54(67)53(66)50(45-62)72-60/h5,7,10-11,13-14,16-17,19-20,41,43,48-51,53-60,62-64,66-70H,3-4,6,8-9,12,15,18,21-40,42,44-47H2,1-2H3,(H,61,65)/b7-5-,11-10-,14-13-,17-16-,20-19-,43-41+. The average molecular weight is 1050 g/mol. The molecule has 0 aromatic heterocycles. The molecule has 2 aliphatic heterocycles. The van der Waals surface area contributed by atoms with Gasteiger partial charge in [0.1, 0.15) is 48.8 Å². The van der Waals surface area contributed by atoms with Crippen molar-refractivity contribution in [1.29, 1.82) is 0 Å². The first-order chi connectivity index (χ1) is 36.1. The smallest absolute Gasteiger partial charge is 0.220 e. The first kappa shape index (κ1) is 67.5. The summed E-state index contributed by atoms with van der Waals surface area (Å²) < 4.78 is 22.6. The van der Waals surface area contributed by atoms with E-state index in [1.807, 2.05) is 6.08 Å². The summed E-state index contributed by atoms with van der Waals surface area (Å²) in [5.41, 5.74) is 0. The second kappa shape index (κ2) is 45.4. The Morgan fingerprint density at radius 3 is 1.43 bits per heavy atom. The molecule has 2 heterocycles. The van der Waals surface area contributed by atoms with E-state index in [0.29, 0.717) is 6.42 Å². The Morgan fingerprint density at radius 1 is 0.500 bits per heavy atom. The van der Waals surface area contributed by atoms with Gasteiger partial charge in [-0.3, -0.25) is 4.79 Å². The zero-order chi connectivity index (χ0) is 53.9. The maximum atomic E-state index is 13.1. The molecule has 14 nitrogen and oxygen atoms in total. The second-order valence-electron chi connectivity index (χ2n) is 20.4. The van der Waals surface area contributed by atoms with Crippen LogP contribution < -0.4 is 5.32 Å². The van der Waals surface area contributed by atoms with Crippen molar-refractivity contribution in [3.8, 4) is 0 Å². The summed E-state index contributed by atoms with van der Waals surface area (Å²) in [5.74, 6) is -0.247. The Kier molecular flexibility index (Phi) is 41.5. The van der Waals surface area contributed by atoms with Crippen molar-refractivity contribution in [1.82, 2.24) is 5.32 Å². The Bertz CT molecular complexity index is 1520. The molecule has 0 bridgehead atoms. The molecule has 0 aliphatic carbocycles. The van der Waals surface area contributed by atoms with Crippen LogP contribution in [0.15, 0.2) is 72.9 Å². The van der Waals surface area contributed by atoms with E-state index in [0.717, 1.165) is 77.0 Å². The minimum absolute atomic E-state index is 0.247. The molecule has 2 fully saturated rings. The van der Waals surface area contributed by atoms with Gasteiger partial charge in [-0.15, -0.1) is 0 Å². The van der Waals surface area contributed by atoms with E-state index in [4.69, 9.17) is 18.9 Å². The van der Waals surface area contributed by atoms with E-state index in [1.165, 1.54) is 103 Å². The van der Waals surface area contributed by atoms with Crippen molar-refractivity contribution >= 4 is 5.91 Å². The third kappa shape index (κ3) is 31.0. The molecular formula is C60H105NO13. The van der Waals surface area contributed by atoms with Crippen LogP contribution in [0, 0.1) is 0 Å². The van der Waals surface area contributed by atoms with Gasteiger partial charge in [0, 0.05) is 6.42 Å². The highest BCUT2D eigenvalue weighted by atomic mass is 16.7. The molecule has 14 heteroatoms. The first-order valence-electron chi connectivity index (χ1n) is 29.2. The largest absolute Gasteiger partial charge is 0.394 e. The maximum absolute atomic E-state index is 13.1.